The Bertz CT molecular complexity index is 370. The fourth-order valence-electron chi connectivity index (χ4n) is 1.82. The number of nitrogens with one attached hydrogen (secondary N) is 1. The van der Waals surface area contributed by atoms with Gasteiger partial charge in [0.1, 0.15) is 0 Å². The monoisotopic (exact) mass is 222 g/mol. The molecule has 0 atom stereocenters. The van der Waals surface area contributed by atoms with E-state index in [1.807, 2.05) is 25.1 Å². The van der Waals surface area contributed by atoms with Gasteiger partial charge in [0.2, 0.25) is 5.91 Å². The lowest BCUT2D eigenvalue weighted by atomic mass is 10.4. The number of likely N-dealkylation sites (N-methyl/N-ethyl adjacent to an activating group) is 1. The molecule has 16 heavy (non-hydrogen) atoms. The summed E-state index contributed by atoms with van der Waals surface area (Å²) in [5.41, 5.74) is 0.891. The van der Waals surface area contributed by atoms with Crippen LogP contribution in [0.3, 0.4) is 0 Å². The van der Waals surface area contributed by atoms with Gasteiger partial charge in [-0.2, -0.15) is 5.10 Å². The number of amides is 1. The van der Waals surface area contributed by atoms with Crippen molar-refractivity contribution in [3.05, 3.63) is 12.4 Å². The molecule has 0 spiro atoms. The number of carbonyl (C=O) groups excluding carboxylic acids is 1. The summed E-state index contributed by atoms with van der Waals surface area (Å²) in [5, 5.41) is 7.12. The molecule has 1 N–H and O–H groups in total. The van der Waals surface area contributed by atoms with Crippen molar-refractivity contribution in [2.45, 2.75) is 25.8 Å². The maximum absolute atomic E-state index is 11.9. The lowest BCUT2D eigenvalue weighted by Gasteiger charge is -2.20. The summed E-state index contributed by atoms with van der Waals surface area (Å²) < 4.78 is 1.71. The zero-order valence-electron chi connectivity index (χ0n) is 9.81. The average Bonchev–Trinajstić information content (AvgIpc) is 3.00. The van der Waals surface area contributed by atoms with Crippen molar-refractivity contribution in [1.29, 1.82) is 0 Å². The number of rotatable bonds is 5. The van der Waals surface area contributed by atoms with Crippen LogP contribution in [0.2, 0.25) is 0 Å². The van der Waals surface area contributed by atoms with E-state index >= 15 is 0 Å². The largest absolute Gasteiger partial charge is 0.374 e. The first-order valence-corrected chi connectivity index (χ1v) is 5.72. The van der Waals surface area contributed by atoms with Crippen molar-refractivity contribution in [3.63, 3.8) is 0 Å². The Morgan fingerprint density at radius 3 is 2.94 bits per heavy atom. The maximum atomic E-state index is 11.9. The number of hydrogen-bond donors (Lipinski definition) is 1. The van der Waals surface area contributed by atoms with Crippen LogP contribution in [-0.4, -0.2) is 39.7 Å². The normalized spacial score (nSPS) is 14.9. The van der Waals surface area contributed by atoms with Gasteiger partial charge in [-0.1, -0.05) is 0 Å². The molecular weight excluding hydrogens is 204 g/mol. The Kier molecular flexibility index (Phi) is 3.12. The van der Waals surface area contributed by atoms with Crippen LogP contribution in [0.4, 0.5) is 5.69 Å². The second kappa shape index (κ2) is 4.55. The molecule has 1 aromatic heterocycles. The van der Waals surface area contributed by atoms with Crippen LogP contribution in [0.1, 0.15) is 19.8 Å². The van der Waals surface area contributed by atoms with Gasteiger partial charge in [0.25, 0.3) is 0 Å². The molecule has 1 aliphatic carbocycles. The molecule has 0 radical (unpaired) electrons. The molecule has 0 aromatic carbocycles. The molecule has 1 fully saturated rings. The highest BCUT2D eigenvalue weighted by molar-refractivity contribution is 5.81. The predicted molar refractivity (Wildman–Crippen MR) is 62.1 cm³/mol. The summed E-state index contributed by atoms with van der Waals surface area (Å²) >= 11 is 0. The molecule has 0 bridgehead atoms. The zero-order valence-corrected chi connectivity index (χ0v) is 9.81. The van der Waals surface area contributed by atoms with E-state index in [1.165, 1.54) is 0 Å². The Morgan fingerprint density at radius 2 is 2.44 bits per heavy atom. The maximum Gasteiger partial charge on any atom is 0.242 e. The predicted octanol–water partition coefficient (Wildman–Crippen LogP) is 0.843. The molecule has 0 aliphatic heterocycles. The molecule has 2 rings (SSSR count). The standard InChI is InChI=1S/C11H18N4O/c1-3-15(10-4-5-10)11(16)7-12-9-6-13-14(2)8-9/h6,8,10,12H,3-5,7H2,1-2H3. The quantitative estimate of drug-likeness (QED) is 0.803. The van der Waals surface area contributed by atoms with Gasteiger partial charge in [0.05, 0.1) is 18.4 Å². The minimum absolute atomic E-state index is 0.175. The summed E-state index contributed by atoms with van der Waals surface area (Å²) in [6, 6.07) is 0.494. The highest BCUT2D eigenvalue weighted by Gasteiger charge is 2.30. The first-order valence-electron chi connectivity index (χ1n) is 5.72. The third-order valence-corrected chi connectivity index (χ3v) is 2.80. The van der Waals surface area contributed by atoms with Crippen LogP contribution >= 0.6 is 0 Å². The second-order valence-corrected chi connectivity index (χ2v) is 4.17. The van der Waals surface area contributed by atoms with E-state index < -0.39 is 0 Å². The third-order valence-electron chi connectivity index (χ3n) is 2.80. The first-order chi connectivity index (χ1) is 7.70. The summed E-state index contributed by atoms with van der Waals surface area (Å²) in [7, 11) is 1.86. The molecule has 0 saturated heterocycles. The molecule has 88 valence electrons. The van der Waals surface area contributed by atoms with Gasteiger partial charge in [0, 0.05) is 25.8 Å². The van der Waals surface area contributed by atoms with Crippen molar-refractivity contribution in [2.75, 3.05) is 18.4 Å². The number of aryl methyl sites for hydroxylation is 1. The van der Waals surface area contributed by atoms with Crippen LogP contribution in [0.5, 0.6) is 0 Å². The molecule has 5 nitrogen and oxygen atoms in total. The Morgan fingerprint density at radius 1 is 1.69 bits per heavy atom. The van der Waals surface area contributed by atoms with E-state index in [-0.39, 0.29) is 5.91 Å². The van der Waals surface area contributed by atoms with Gasteiger partial charge in [-0.05, 0) is 19.8 Å². The van der Waals surface area contributed by atoms with Crippen molar-refractivity contribution >= 4 is 11.6 Å². The molecule has 5 heteroatoms. The molecule has 0 unspecified atom stereocenters. The highest BCUT2D eigenvalue weighted by Crippen LogP contribution is 2.26. The molecule has 1 heterocycles. The molecule has 1 aromatic rings. The highest BCUT2D eigenvalue weighted by atomic mass is 16.2. The van der Waals surface area contributed by atoms with Crippen LogP contribution in [0.15, 0.2) is 12.4 Å². The summed E-state index contributed by atoms with van der Waals surface area (Å²) in [4.78, 5) is 13.8. The van der Waals surface area contributed by atoms with Crippen LogP contribution in [0.25, 0.3) is 0 Å². The fraction of sp³-hybridized carbons (Fsp3) is 0.636. The van der Waals surface area contributed by atoms with E-state index in [9.17, 15) is 4.79 Å². The fourth-order valence-corrected chi connectivity index (χ4v) is 1.82. The number of hydrogen-bond acceptors (Lipinski definition) is 3. The topological polar surface area (TPSA) is 50.2 Å². The van der Waals surface area contributed by atoms with Gasteiger partial charge >= 0.3 is 0 Å². The Balaban J connectivity index is 1.82. The summed E-state index contributed by atoms with van der Waals surface area (Å²) in [6.45, 7) is 3.19. The Hall–Kier alpha value is -1.52. The van der Waals surface area contributed by atoms with E-state index in [2.05, 4.69) is 10.4 Å². The second-order valence-electron chi connectivity index (χ2n) is 4.17. The van der Waals surface area contributed by atoms with E-state index in [1.54, 1.807) is 10.9 Å². The van der Waals surface area contributed by atoms with Gasteiger partial charge in [0.15, 0.2) is 0 Å². The number of carbonyl (C=O) groups is 1. The van der Waals surface area contributed by atoms with Crippen LogP contribution < -0.4 is 5.32 Å². The van der Waals surface area contributed by atoms with E-state index in [4.69, 9.17) is 0 Å². The zero-order chi connectivity index (χ0) is 11.5. The van der Waals surface area contributed by atoms with Gasteiger partial charge in [-0.3, -0.25) is 9.48 Å². The van der Waals surface area contributed by atoms with Crippen molar-refractivity contribution < 1.29 is 4.79 Å². The van der Waals surface area contributed by atoms with E-state index in [0.717, 1.165) is 25.1 Å². The lowest BCUT2D eigenvalue weighted by molar-refractivity contribution is -0.129. The first kappa shape index (κ1) is 11.0. The minimum atomic E-state index is 0.175. The number of nitrogens with zero attached hydrogens (tertiary/aromatic N) is 3. The summed E-state index contributed by atoms with van der Waals surface area (Å²) in [6.07, 6.45) is 5.90. The van der Waals surface area contributed by atoms with Crippen molar-refractivity contribution in [3.8, 4) is 0 Å². The van der Waals surface area contributed by atoms with E-state index in [0.29, 0.717) is 12.6 Å². The summed E-state index contributed by atoms with van der Waals surface area (Å²) in [5.74, 6) is 0.175. The minimum Gasteiger partial charge on any atom is -0.374 e. The van der Waals surface area contributed by atoms with Gasteiger partial charge in [-0.15, -0.1) is 0 Å². The smallest absolute Gasteiger partial charge is 0.242 e. The molecule has 1 aliphatic rings. The molecule has 1 amide bonds. The van der Waals surface area contributed by atoms with Crippen molar-refractivity contribution in [2.24, 2.45) is 7.05 Å². The SMILES string of the molecule is CCN(C(=O)CNc1cnn(C)c1)C1CC1. The van der Waals surface area contributed by atoms with Crippen LogP contribution in [0, 0.1) is 0 Å². The molecular formula is C11H18N4O. The number of anilines is 1. The Labute approximate surface area is 95.4 Å². The van der Waals surface area contributed by atoms with Gasteiger partial charge < -0.3 is 10.2 Å². The molecule has 1 saturated carbocycles. The number of aromatic nitrogens is 2. The lowest BCUT2D eigenvalue weighted by Crippen LogP contribution is -2.37. The third kappa shape index (κ3) is 2.53. The van der Waals surface area contributed by atoms with Crippen LogP contribution in [-0.2, 0) is 11.8 Å². The van der Waals surface area contributed by atoms with Crippen molar-refractivity contribution in [1.82, 2.24) is 14.7 Å². The van der Waals surface area contributed by atoms with Gasteiger partial charge in [-0.25, -0.2) is 0 Å². The average molecular weight is 222 g/mol.